The number of hydrogen-bond acceptors (Lipinski definition) is 1. The molecule has 0 spiro atoms. The van der Waals surface area contributed by atoms with Crippen molar-refractivity contribution in [2.45, 2.75) is 0 Å². The Bertz CT molecular complexity index is 4360. The maximum Gasteiger partial charge on any atom is 0.159 e. The minimum atomic E-state index is 0.873. The van der Waals surface area contributed by atoms with Crippen LogP contribution >= 0.6 is 0 Å². The van der Waals surface area contributed by atoms with E-state index >= 15 is 0 Å². The number of hydrogen-bond donors (Lipinski definition) is 0. The summed E-state index contributed by atoms with van der Waals surface area (Å²) in [5.74, 6) is 0. The van der Waals surface area contributed by atoms with Gasteiger partial charge < -0.3 is 18.0 Å². The van der Waals surface area contributed by atoms with E-state index in [1.54, 1.807) is 0 Å². The number of rotatable bonds is 2. The van der Waals surface area contributed by atoms with Gasteiger partial charge in [0.25, 0.3) is 0 Å². The number of fused-ring (bicyclic) bond motifs is 19. The first kappa shape index (κ1) is 31.0. The van der Waals surface area contributed by atoms with Crippen molar-refractivity contribution in [2.75, 3.05) is 0 Å². The van der Waals surface area contributed by atoms with Crippen LogP contribution in [0.3, 0.4) is 0 Å². The van der Waals surface area contributed by atoms with E-state index in [0.29, 0.717) is 0 Å². The summed E-state index contributed by atoms with van der Waals surface area (Å²) in [6.45, 7) is 0. The minimum absolute atomic E-state index is 0.873. The molecule has 0 saturated carbocycles. The Labute approximate surface area is 341 Å². The highest BCUT2D eigenvalue weighted by molar-refractivity contribution is 6.36. The van der Waals surface area contributed by atoms with Gasteiger partial charge in [-0.25, -0.2) is 0 Å². The average Bonchev–Trinajstić information content (AvgIpc) is 4.10. The van der Waals surface area contributed by atoms with Gasteiger partial charge in [-0.05, 0) is 82.2 Å². The first-order valence-electron chi connectivity index (χ1n) is 20.7. The second-order valence-corrected chi connectivity index (χ2v) is 16.4. The van der Waals surface area contributed by atoms with Crippen molar-refractivity contribution < 1.29 is 4.42 Å². The largest absolute Gasteiger partial charge is 0.454 e. The third-order valence-corrected chi connectivity index (χ3v) is 13.5. The van der Waals surface area contributed by atoms with Crippen LogP contribution in [0, 0.1) is 0 Å². The maximum absolute atomic E-state index is 7.03. The fraction of sp³-hybridized carbons (Fsp3) is 0. The molecule has 0 radical (unpaired) electrons. The third-order valence-electron chi connectivity index (χ3n) is 13.5. The first-order chi connectivity index (χ1) is 29.8. The van der Waals surface area contributed by atoms with Crippen LogP contribution < -0.4 is 0 Å². The Hall–Kier alpha value is -8.08. The third kappa shape index (κ3) is 3.73. The molecule has 0 aliphatic carbocycles. The molecular formula is C56H31N3O. The summed E-state index contributed by atoms with van der Waals surface area (Å²) in [5.41, 5.74) is 12.3. The lowest BCUT2D eigenvalue weighted by Crippen LogP contribution is -2.00. The molecular weight excluding hydrogens is 731 g/mol. The number of aromatic nitrogens is 3. The van der Waals surface area contributed by atoms with Crippen LogP contribution in [0.1, 0.15) is 0 Å². The van der Waals surface area contributed by atoms with Gasteiger partial charge >= 0.3 is 0 Å². The Balaban J connectivity index is 1.18. The van der Waals surface area contributed by atoms with Crippen LogP contribution in [-0.2, 0) is 0 Å². The van der Waals surface area contributed by atoms with Gasteiger partial charge in [0.05, 0.1) is 44.3 Å². The van der Waals surface area contributed by atoms with Crippen molar-refractivity contribution in [1.29, 1.82) is 0 Å². The van der Waals surface area contributed by atoms with E-state index < -0.39 is 0 Å². The van der Waals surface area contributed by atoms with E-state index in [4.69, 9.17) is 4.42 Å². The van der Waals surface area contributed by atoms with Crippen LogP contribution in [0.5, 0.6) is 0 Å². The fourth-order valence-electron chi connectivity index (χ4n) is 11.1. The Kier molecular flexibility index (Phi) is 5.63. The summed E-state index contributed by atoms with van der Waals surface area (Å²) in [7, 11) is 0. The van der Waals surface area contributed by atoms with Gasteiger partial charge in [0, 0.05) is 59.5 Å². The molecule has 0 aliphatic heterocycles. The van der Waals surface area contributed by atoms with Crippen molar-refractivity contribution in [3.63, 3.8) is 0 Å². The number of para-hydroxylation sites is 4. The molecule has 15 rings (SSSR count). The van der Waals surface area contributed by atoms with Gasteiger partial charge in [0.15, 0.2) is 5.58 Å². The van der Waals surface area contributed by atoms with Crippen molar-refractivity contribution in [3.8, 4) is 11.4 Å². The highest BCUT2D eigenvalue weighted by Gasteiger charge is 2.27. The van der Waals surface area contributed by atoms with Gasteiger partial charge in [-0.1, -0.05) is 127 Å². The molecule has 15 aromatic rings. The van der Waals surface area contributed by atoms with Crippen LogP contribution in [0.4, 0.5) is 0 Å². The summed E-state index contributed by atoms with van der Waals surface area (Å²) < 4.78 is 14.5. The van der Waals surface area contributed by atoms with E-state index in [9.17, 15) is 0 Å². The Morgan fingerprint density at radius 1 is 0.317 bits per heavy atom. The minimum Gasteiger partial charge on any atom is -0.454 e. The van der Waals surface area contributed by atoms with Crippen molar-refractivity contribution in [3.05, 3.63) is 188 Å². The molecule has 4 nitrogen and oxygen atoms in total. The van der Waals surface area contributed by atoms with Crippen LogP contribution in [0.15, 0.2) is 192 Å². The predicted molar refractivity (Wildman–Crippen MR) is 252 cm³/mol. The van der Waals surface area contributed by atoms with E-state index in [2.05, 4.69) is 202 Å². The Morgan fingerprint density at radius 2 is 0.950 bits per heavy atom. The molecule has 0 amide bonds. The van der Waals surface area contributed by atoms with E-state index in [1.165, 1.54) is 92.2 Å². The highest BCUT2D eigenvalue weighted by Crippen LogP contribution is 2.49. The molecule has 276 valence electrons. The number of benzene rings is 10. The average molecular weight is 762 g/mol. The molecule has 10 aromatic carbocycles. The van der Waals surface area contributed by atoms with Crippen molar-refractivity contribution in [1.82, 2.24) is 13.5 Å². The molecule has 0 atom stereocenters. The summed E-state index contributed by atoms with van der Waals surface area (Å²) in [4.78, 5) is 0. The second kappa shape index (κ2) is 10.9. The zero-order valence-electron chi connectivity index (χ0n) is 32.1. The number of nitrogens with zero attached hydrogens (tertiary/aromatic N) is 3. The van der Waals surface area contributed by atoms with Crippen LogP contribution in [0.25, 0.3) is 137 Å². The standard InChI is InChI=1S/C56H31N3O/c1-2-15-34-28-48-43(27-33(34)14-1)53-49(31-41-37-17-5-9-21-44(37)59-46-23-11-7-20-40(46)54(53)55(41)59)58(48)50-30-35(29-42-38-18-8-12-24-51(38)60-56(42)50)57-45-22-10-6-19-39(45)52-36-16-4-3-13-32(36)25-26-47(52)57/h1-31H. The molecule has 0 aliphatic rings. The van der Waals surface area contributed by atoms with Crippen molar-refractivity contribution >= 4 is 125 Å². The lowest BCUT2D eigenvalue weighted by molar-refractivity contribution is 0.666. The van der Waals surface area contributed by atoms with Gasteiger partial charge in [-0.15, -0.1) is 0 Å². The molecule has 0 saturated heterocycles. The highest BCUT2D eigenvalue weighted by atomic mass is 16.3. The predicted octanol–water partition coefficient (Wildman–Crippen LogP) is 15.2. The second-order valence-electron chi connectivity index (χ2n) is 16.4. The maximum atomic E-state index is 7.03. The molecule has 0 fully saturated rings. The molecule has 5 aromatic heterocycles. The summed E-state index contributed by atoms with van der Waals surface area (Å²) >= 11 is 0. The quantitative estimate of drug-likeness (QED) is 0.172. The molecule has 0 bridgehead atoms. The lowest BCUT2D eigenvalue weighted by Gasteiger charge is -2.14. The summed E-state index contributed by atoms with van der Waals surface area (Å²) in [6.07, 6.45) is 0. The topological polar surface area (TPSA) is 27.4 Å². The number of furan rings is 1. The normalized spacial score (nSPS) is 12.7. The summed E-state index contributed by atoms with van der Waals surface area (Å²) in [6, 6.07) is 69.2. The zero-order chi connectivity index (χ0) is 38.8. The van der Waals surface area contributed by atoms with Gasteiger partial charge in [0.1, 0.15) is 5.58 Å². The lowest BCUT2D eigenvalue weighted by atomic mass is 10.0. The first-order valence-corrected chi connectivity index (χ1v) is 20.7. The smallest absolute Gasteiger partial charge is 0.159 e. The monoisotopic (exact) mass is 761 g/mol. The molecule has 0 unspecified atom stereocenters. The van der Waals surface area contributed by atoms with Gasteiger partial charge in [0.2, 0.25) is 0 Å². The van der Waals surface area contributed by atoms with E-state index in [0.717, 1.165) is 44.3 Å². The fourth-order valence-corrected chi connectivity index (χ4v) is 11.1. The van der Waals surface area contributed by atoms with E-state index in [1.807, 2.05) is 0 Å². The van der Waals surface area contributed by atoms with Gasteiger partial charge in [-0.3, -0.25) is 0 Å². The summed E-state index contributed by atoms with van der Waals surface area (Å²) in [5, 5.41) is 17.2. The molecule has 5 heterocycles. The molecule has 60 heavy (non-hydrogen) atoms. The van der Waals surface area contributed by atoms with Gasteiger partial charge in [-0.2, -0.15) is 0 Å². The zero-order valence-corrected chi connectivity index (χ0v) is 32.1. The molecule has 0 N–H and O–H groups in total. The molecule has 4 heteroatoms. The SMILES string of the molecule is c1ccc2cc3c(cc2c1)c1c2c4ccccc4n4c5ccccc5c(cc1n3-c1cc(-n3c5ccccc5c5c6ccccc6ccc53)cc3c1oc1ccccc13)c24. The van der Waals surface area contributed by atoms with Crippen LogP contribution in [-0.4, -0.2) is 13.5 Å². The Morgan fingerprint density at radius 3 is 1.77 bits per heavy atom. The van der Waals surface area contributed by atoms with Crippen molar-refractivity contribution in [2.24, 2.45) is 0 Å². The van der Waals surface area contributed by atoms with E-state index in [-0.39, 0.29) is 0 Å². The van der Waals surface area contributed by atoms with Crippen LogP contribution in [0.2, 0.25) is 0 Å².